The van der Waals surface area contributed by atoms with E-state index in [1.54, 1.807) is 0 Å². The first-order chi connectivity index (χ1) is 11.1. The van der Waals surface area contributed by atoms with E-state index in [2.05, 4.69) is 64.3 Å². The van der Waals surface area contributed by atoms with Gasteiger partial charge >= 0.3 is 0 Å². The molecule has 1 aliphatic rings. The molecule has 0 spiro atoms. The van der Waals surface area contributed by atoms with E-state index in [0.29, 0.717) is 5.92 Å². The molecule has 0 unspecified atom stereocenters. The Kier molecular flexibility index (Phi) is 5.59. The highest BCUT2D eigenvalue weighted by Gasteiger charge is 2.42. The number of nitrogens with two attached hydrogens (primary N) is 1. The van der Waals surface area contributed by atoms with Crippen molar-refractivity contribution < 1.29 is 14.8 Å². The maximum Gasteiger partial charge on any atom is 0.258 e. The Hall–Kier alpha value is -1.55. The summed E-state index contributed by atoms with van der Waals surface area (Å²) >= 11 is 0. The van der Waals surface area contributed by atoms with Crippen molar-refractivity contribution in [2.24, 2.45) is 0 Å². The molecule has 1 aliphatic heterocycles. The number of carbonyl (C=O) groups excluding carboxylic acids is 1. The van der Waals surface area contributed by atoms with Gasteiger partial charge in [-0.15, -0.1) is 0 Å². The van der Waals surface area contributed by atoms with Crippen LogP contribution < -0.4 is 15.4 Å². The van der Waals surface area contributed by atoms with Crippen molar-refractivity contribution in [1.29, 1.82) is 0 Å². The smallest absolute Gasteiger partial charge is 0.258 e. The number of quaternary nitrogens is 1. The van der Waals surface area contributed by atoms with Gasteiger partial charge in [0.05, 0.1) is 11.1 Å². The molecule has 0 atom stereocenters. The molecule has 1 fully saturated rings. The molecule has 0 saturated carbocycles. The second kappa shape index (κ2) is 7.14. The maximum absolute atomic E-state index is 12.2. The summed E-state index contributed by atoms with van der Waals surface area (Å²) in [5, 5.41) is 5.56. The Labute approximate surface area is 146 Å². The molecular formula is C20H33N2O2+. The molecule has 0 radical (unpaired) electrons. The molecule has 24 heavy (non-hydrogen) atoms. The van der Waals surface area contributed by atoms with Crippen molar-refractivity contribution in [2.75, 3.05) is 6.61 Å². The van der Waals surface area contributed by atoms with Gasteiger partial charge in [0.15, 0.2) is 6.61 Å². The van der Waals surface area contributed by atoms with E-state index in [4.69, 9.17) is 4.74 Å². The number of hydrogen-bond donors (Lipinski definition) is 2. The lowest BCUT2D eigenvalue weighted by molar-refractivity contribution is -0.787. The third-order valence-electron chi connectivity index (χ3n) is 4.61. The highest BCUT2D eigenvalue weighted by atomic mass is 16.5. The summed E-state index contributed by atoms with van der Waals surface area (Å²) in [5.41, 5.74) is 1.57. The second-order valence-electron chi connectivity index (χ2n) is 8.81. The molecule has 3 N–H and O–H groups in total. The molecule has 1 heterocycles. The summed E-state index contributed by atoms with van der Waals surface area (Å²) < 4.78 is 5.63. The van der Waals surface area contributed by atoms with E-state index in [9.17, 15) is 4.79 Å². The van der Waals surface area contributed by atoms with Crippen LogP contribution in [0.2, 0.25) is 0 Å². The van der Waals surface area contributed by atoms with Crippen LogP contribution in [0.3, 0.4) is 0 Å². The number of benzene rings is 1. The van der Waals surface area contributed by atoms with E-state index in [0.717, 1.165) is 18.6 Å². The average molecular weight is 333 g/mol. The fourth-order valence-corrected chi connectivity index (χ4v) is 3.99. The van der Waals surface area contributed by atoms with Gasteiger partial charge in [-0.25, -0.2) is 0 Å². The number of rotatable bonds is 5. The third-order valence-corrected chi connectivity index (χ3v) is 4.61. The average Bonchev–Trinajstić information content (AvgIpc) is 2.42. The summed E-state index contributed by atoms with van der Waals surface area (Å²) in [4.78, 5) is 12.2. The van der Waals surface area contributed by atoms with Crippen LogP contribution in [0.4, 0.5) is 0 Å². The first-order valence-electron chi connectivity index (χ1n) is 8.95. The van der Waals surface area contributed by atoms with E-state index in [1.807, 2.05) is 12.1 Å². The van der Waals surface area contributed by atoms with Crippen LogP contribution in [0.1, 0.15) is 65.9 Å². The van der Waals surface area contributed by atoms with Crippen LogP contribution in [0.15, 0.2) is 24.3 Å². The molecule has 1 amide bonds. The molecule has 2 rings (SSSR count). The van der Waals surface area contributed by atoms with Crippen molar-refractivity contribution in [1.82, 2.24) is 5.32 Å². The van der Waals surface area contributed by atoms with Crippen molar-refractivity contribution in [3.63, 3.8) is 0 Å². The van der Waals surface area contributed by atoms with Crippen molar-refractivity contribution in [2.45, 2.75) is 77.4 Å². The zero-order valence-electron chi connectivity index (χ0n) is 16.0. The Morgan fingerprint density at radius 3 is 2.21 bits per heavy atom. The van der Waals surface area contributed by atoms with Gasteiger partial charge in [0, 0.05) is 18.9 Å². The SMILES string of the molecule is CC(C)c1ccc(OCC(=O)NC2CC(C)(C)[NH2+]C(C)(C)C2)cc1. The second-order valence-corrected chi connectivity index (χ2v) is 8.81. The Morgan fingerprint density at radius 1 is 1.17 bits per heavy atom. The van der Waals surface area contributed by atoms with Crippen molar-refractivity contribution in [3.8, 4) is 5.75 Å². The predicted octanol–water partition coefficient (Wildman–Crippen LogP) is 2.59. The topological polar surface area (TPSA) is 54.9 Å². The van der Waals surface area contributed by atoms with Crippen molar-refractivity contribution >= 4 is 5.91 Å². The van der Waals surface area contributed by atoms with E-state index in [-0.39, 0.29) is 29.6 Å². The quantitative estimate of drug-likeness (QED) is 0.870. The number of piperidine rings is 1. The van der Waals surface area contributed by atoms with Crippen LogP contribution in [0, 0.1) is 0 Å². The van der Waals surface area contributed by atoms with Gasteiger partial charge in [0.25, 0.3) is 5.91 Å². The standard InChI is InChI=1S/C20H32N2O2/c1-14(2)15-7-9-17(10-8-15)24-13-18(23)21-16-11-19(3,4)22-20(5,6)12-16/h7-10,14,16,22H,11-13H2,1-6H3,(H,21,23)/p+1. The molecule has 1 aromatic rings. The number of carbonyl (C=O) groups is 1. The fourth-order valence-electron chi connectivity index (χ4n) is 3.99. The van der Waals surface area contributed by atoms with Crippen LogP contribution in [0.5, 0.6) is 5.75 Å². The molecular weight excluding hydrogens is 300 g/mol. The number of nitrogens with one attached hydrogen (secondary N) is 1. The molecule has 1 saturated heterocycles. The zero-order valence-corrected chi connectivity index (χ0v) is 16.0. The lowest BCUT2D eigenvalue weighted by atomic mass is 9.79. The van der Waals surface area contributed by atoms with Gasteiger partial charge in [-0.05, 0) is 51.3 Å². The third kappa shape index (κ3) is 5.52. The van der Waals surface area contributed by atoms with Gasteiger partial charge in [0.2, 0.25) is 0 Å². The van der Waals surface area contributed by atoms with E-state index >= 15 is 0 Å². The Balaban J connectivity index is 1.84. The van der Waals surface area contributed by atoms with E-state index < -0.39 is 0 Å². The molecule has 0 aliphatic carbocycles. The lowest BCUT2D eigenvalue weighted by Gasteiger charge is -2.43. The van der Waals surface area contributed by atoms with Gasteiger partial charge in [0.1, 0.15) is 5.75 Å². The normalized spacial score (nSPS) is 20.0. The van der Waals surface area contributed by atoms with Gasteiger partial charge in [-0.1, -0.05) is 26.0 Å². The van der Waals surface area contributed by atoms with Crippen LogP contribution in [-0.2, 0) is 4.79 Å². The summed E-state index contributed by atoms with van der Waals surface area (Å²) in [5.74, 6) is 1.20. The summed E-state index contributed by atoms with van der Waals surface area (Å²) in [6.45, 7) is 13.3. The lowest BCUT2D eigenvalue weighted by Crippen LogP contribution is -3.06. The minimum Gasteiger partial charge on any atom is -0.484 e. The number of amides is 1. The summed E-state index contributed by atoms with van der Waals surface area (Å²) in [6.07, 6.45) is 1.95. The Bertz CT molecular complexity index is 546. The molecule has 4 nitrogen and oxygen atoms in total. The largest absolute Gasteiger partial charge is 0.484 e. The van der Waals surface area contributed by atoms with Crippen LogP contribution in [-0.4, -0.2) is 29.6 Å². The van der Waals surface area contributed by atoms with Gasteiger partial charge < -0.3 is 15.4 Å². The minimum absolute atomic E-state index is 0.0403. The molecule has 0 aromatic heterocycles. The number of ether oxygens (including phenoxy) is 1. The number of hydrogen-bond acceptors (Lipinski definition) is 2. The van der Waals surface area contributed by atoms with Crippen molar-refractivity contribution in [3.05, 3.63) is 29.8 Å². The van der Waals surface area contributed by atoms with E-state index in [1.165, 1.54) is 5.56 Å². The highest BCUT2D eigenvalue weighted by molar-refractivity contribution is 5.77. The Morgan fingerprint density at radius 2 is 1.71 bits per heavy atom. The first kappa shape index (κ1) is 18.8. The maximum atomic E-state index is 12.2. The van der Waals surface area contributed by atoms with Gasteiger partial charge in [-0.2, -0.15) is 0 Å². The highest BCUT2D eigenvalue weighted by Crippen LogP contribution is 2.22. The molecule has 134 valence electrons. The predicted molar refractivity (Wildman–Crippen MR) is 97.3 cm³/mol. The van der Waals surface area contributed by atoms with Crippen LogP contribution in [0.25, 0.3) is 0 Å². The monoisotopic (exact) mass is 333 g/mol. The van der Waals surface area contributed by atoms with Gasteiger partial charge in [-0.3, -0.25) is 4.79 Å². The van der Waals surface area contributed by atoms with Crippen LogP contribution >= 0.6 is 0 Å². The first-order valence-corrected chi connectivity index (χ1v) is 8.95. The fraction of sp³-hybridized carbons (Fsp3) is 0.650. The zero-order chi connectivity index (χ0) is 18.0. The molecule has 4 heteroatoms. The molecule has 1 aromatic carbocycles. The summed E-state index contributed by atoms with van der Waals surface area (Å²) in [6, 6.07) is 8.19. The molecule has 0 bridgehead atoms. The summed E-state index contributed by atoms with van der Waals surface area (Å²) in [7, 11) is 0. The minimum atomic E-state index is -0.0403.